The third-order valence-electron chi connectivity index (χ3n) is 5.83. The third-order valence-corrected chi connectivity index (χ3v) is 13.2. The molecule has 4 heteroatoms. The summed E-state index contributed by atoms with van der Waals surface area (Å²) >= 11 is 6.52. The summed E-state index contributed by atoms with van der Waals surface area (Å²) in [5.74, 6) is 0.0634. The van der Waals surface area contributed by atoms with Gasteiger partial charge in [-0.05, 0) is 12.5 Å². The van der Waals surface area contributed by atoms with E-state index in [2.05, 4.69) is 75.7 Å². The standard InChI is InChI=1S/C25H33ClOSi2/c1-20(19-28(3,4)22-13-9-7-10-14-22)17-24(26)25(27)18-21(2)29(5,6)23-15-11-8-12-16-23/h7-16,24H,1-2,17-19H2,3-6H3. The summed E-state index contributed by atoms with van der Waals surface area (Å²) < 4.78 is 0. The molecule has 1 unspecified atom stereocenters. The number of halogens is 1. The monoisotopic (exact) mass is 440 g/mol. The zero-order valence-electron chi connectivity index (χ0n) is 18.2. The Balaban J connectivity index is 1.94. The fourth-order valence-corrected chi connectivity index (χ4v) is 8.70. The first kappa shape index (κ1) is 23.6. The van der Waals surface area contributed by atoms with Crippen LogP contribution < -0.4 is 10.4 Å². The van der Waals surface area contributed by atoms with Crippen molar-refractivity contribution in [2.45, 2.75) is 50.5 Å². The van der Waals surface area contributed by atoms with Crippen molar-refractivity contribution in [1.29, 1.82) is 0 Å². The number of hydrogen-bond donors (Lipinski definition) is 0. The number of hydrogen-bond acceptors (Lipinski definition) is 1. The second-order valence-corrected chi connectivity index (χ2v) is 18.8. The molecule has 1 nitrogen and oxygen atoms in total. The molecular weight excluding hydrogens is 408 g/mol. The molecule has 0 amide bonds. The van der Waals surface area contributed by atoms with Crippen molar-refractivity contribution in [2.24, 2.45) is 0 Å². The Morgan fingerprint density at radius 3 is 1.90 bits per heavy atom. The predicted molar refractivity (Wildman–Crippen MR) is 134 cm³/mol. The second kappa shape index (κ2) is 9.88. The lowest BCUT2D eigenvalue weighted by Gasteiger charge is -2.27. The van der Waals surface area contributed by atoms with Crippen molar-refractivity contribution in [1.82, 2.24) is 0 Å². The first-order valence-electron chi connectivity index (χ1n) is 10.2. The zero-order valence-corrected chi connectivity index (χ0v) is 20.9. The topological polar surface area (TPSA) is 17.1 Å². The molecule has 0 fully saturated rings. The highest BCUT2D eigenvalue weighted by Gasteiger charge is 2.30. The molecule has 0 spiro atoms. The maximum Gasteiger partial charge on any atom is 0.154 e. The van der Waals surface area contributed by atoms with Crippen molar-refractivity contribution in [2.75, 3.05) is 0 Å². The molecule has 2 aromatic rings. The maximum atomic E-state index is 12.8. The van der Waals surface area contributed by atoms with Gasteiger partial charge in [-0.1, -0.05) is 108 Å². The van der Waals surface area contributed by atoms with E-state index in [1.807, 2.05) is 24.3 Å². The van der Waals surface area contributed by atoms with Gasteiger partial charge in [0.2, 0.25) is 0 Å². The van der Waals surface area contributed by atoms with E-state index in [1.165, 1.54) is 10.4 Å². The molecule has 0 radical (unpaired) electrons. The van der Waals surface area contributed by atoms with Crippen molar-refractivity contribution in [3.05, 3.63) is 84.6 Å². The van der Waals surface area contributed by atoms with Gasteiger partial charge in [0.1, 0.15) is 8.07 Å². The molecule has 0 aliphatic rings. The SMILES string of the molecule is C=C(CC(Cl)C(=O)CC(=C)[Si](C)(C)c1ccccc1)C[Si](C)(C)c1ccccc1. The Morgan fingerprint density at radius 1 is 0.897 bits per heavy atom. The molecule has 0 saturated carbocycles. The van der Waals surface area contributed by atoms with Crippen LogP contribution in [-0.4, -0.2) is 27.3 Å². The number of carbonyl (C=O) groups is 1. The van der Waals surface area contributed by atoms with E-state index < -0.39 is 21.5 Å². The van der Waals surface area contributed by atoms with Gasteiger partial charge in [0.25, 0.3) is 0 Å². The molecule has 154 valence electrons. The minimum Gasteiger partial charge on any atom is -0.298 e. The molecule has 2 rings (SSSR count). The molecule has 1 atom stereocenters. The Kier molecular flexibility index (Phi) is 8.04. The number of alkyl halides is 1. The van der Waals surface area contributed by atoms with E-state index in [9.17, 15) is 4.79 Å². The van der Waals surface area contributed by atoms with Gasteiger partial charge in [-0.25, -0.2) is 0 Å². The van der Waals surface area contributed by atoms with Crippen molar-refractivity contribution in [3.63, 3.8) is 0 Å². The molecule has 0 saturated heterocycles. The van der Waals surface area contributed by atoms with E-state index in [0.29, 0.717) is 12.8 Å². The van der Waals surface area contributed by atoms with Crippen LogP contribution in [0.2, 0.25) is 32.2 Å². The number of carbonyl (C=O) groups excluding carboxylic acids is 1. The van der Waals surface area contributed by atoms with Crippen LogP contribution in [0.5, 0.6) is 0 Å². The molecular formula is C25H33ClOSi2. The van der Waals surface area contributed by atoms with Gasteiger partial charge in [-0.2, -0.15) is 0 Å². The van der Waals surface area contributed by atoms with E-state index >= 15 is 0 Å². The van der Waals surface area contributed by atoms with Crippen LogP contribution in [0.25, 0.3) is 0 Å². The number of ketones is 1. The molecule has 0 bridgehead atoms. The van der Waals surface area contributed by atoms with E-state index in [-0.39, 0.29) is 5.78 Å². The summed E-state index contributed by atoms with van der Waals surface area (Å²) in [4.78, 5) is 12.8. The Labute approximate surface area is 183 Å². The van der Waals surface area contributed by atoms with Gasteiger partial charge >= 0.3 is 0 Å². The lowest BCUT2D eigenvalue weighted by atomic mass is 10.1. The van der Waals surface area contributed by atoms with E-state index in [0.717, 1.165) is 16.8 Å². The fourth-order valence-electron chi connectivity index (χ4n) is 3.66. The van der Waals surface area contributed by atoms with Gasteiger partial charge in [0.15, 0.2) is 5.78 Å². The van der Waals surface area contributed by atoms with Crippen LogP contribution in [0.4, 0.5) is 0 Å². The average molecular weight is 441 g/mol. The van der Waals surface area contributed by atoms with Gasteiger partial charge in [0, 0.05) is 6.42 Å². The van der Waals surface area contributed by atoms with Crippen molar-refractivity contribution >= 4 is 43.9 Å². The lowest BCUT2D eigenvalue weighted by Crippen LogP contribution is -2.44. The highest BCUT2D eigenvalue weighted by Crippen LogP contribution is 2.24. The number of benzene rings is 2. The van der Waals surface area contributed by atoms with Gasteiger partial charge in [-0.15, -0.1) is 24.8 Å². The molecule has 0 N–H and O–H groups in total. The minimum absolute atomic E-state index is 0.0634. The fraction of sp³-hybridized carbons (Fsp3) is 0.320. The summed E-state index contributed by atoms with van der Waals surface area (Å²) in [7, 11) is -3.53. The highest BCUT2D eigenvalue weighted by molar-refractivity contribution is 6.95. The van der Waals surface area contributed by atoms with Gasteiger partial charge in [0.05, 0.1) is 13.5 Å². The lowest BCUT2D eigenvalue weighted by molar-refractivity contribution is -0.118. The van der Waals surface area contributed by atoms with Crippen LogP contribution in [0.3, 0.4) is 0 Å². The van der Waals surface area contributed by atoms with Gasteiger partial charge < -0.3 is 0 Å². The van der Waals surface area contributed by atoms with Crippen LogP contribution in [0, 0.1) is 0 Å². The summed E-state index contributed by atoms with van der Waals surface area (Å²) in [5, 5.41) is 3.20. The molecule has 2 aromatic carbocycles. The molecule has 0 heterocycles. The minimum atomic E-state index is -1.90. The van der Waals surface area contributed by atoms with Crippen LogP contribution in [0.1, 0.15) is 12.8 Å². The number of allylic oxidation sites excluding steroid dienone is 2. The summed E-state index contributed by atoms with van der Waals surface area (Å²) in [6.07, 6.45) is 0.902. The highest BCUT2D eigenvalue weighted by atomic mass is 35.5. The quantitative estimate of drug-likeness (QED) is 0.258. The normalized spacial score (nSPS) is 13.0. The third kappa shape index (κ3) is 6.40. The largest absolute Gasteiger partial charge is 0.298 e. The smallest absolute Gasteiger partial charge is 0.154 e. The number of Topliss-reactive ketones (excluding diaryl/α,β-unsaturated/α-hetero) is 1. The van der Waals surface area contributed by atoms with Crippen LogP contribution >= 0.6 is 11.6 Å². The number of rotatable bonds is 10. The van der Waals surface area contributed by atoms with E-state index in [1.54, 1.807) is 0 Å². The molecule has 0 aliphatic carbocycles. The summed E-state index contributed by atoms with van der Waals surface area (Å²) in [6.45, 7) is 17.7. The Hall–Kier alpha value is -1.69. The molecule has 0 aromatic heterocycles. The summed E-state index contributed by atoms with van der Waals surface area (Å²) in [5.41, 5.74) is 1.07. The van der Waals surface area contributed by atoms with Crippen molar-refractivity contribution in [3.8, 4) is 0 Å². The Morgan fingerprint density at radius 2 is 1.38 bits per heavy atom. The Bertz CT molecular complexity index is 857. The summed E-state index contributed by atoms with van der Waals surface area (Å²) in [6, 6.07) is 21.9. The molecule has 0 aliphatic heterocycles. The first-order chi connectivity index (χ1) is 13.5. The maximum absolute atomic E-state index is 12.8. The van der Waals surface area contributed by atoms with Crippen LogP contribution in [0.15, 0.2) is 84.6 Å². The second-order valence-electron chi connectivity index (χ2n) is 9.09. The van der Waals surface area contributed by atoms with Crippen molar-refractivity contribution < 1.29 is 4.79 Å². The van der Waals surface area contributed by atoms with Crippen LogP contribution in [-0.2, 0) is 4.79 Å². The zero-order chi connectivity index (χ0) is 21.7. The van der Waals surface area contributed by atoms with E-state index in [4.69, 9.17) is 11.6 Å². The molecule has 29 heavy (non-hydrogen) atoms. The predicted octanol–water partition coefficient (Wildman–Crippen LogP) is 5.83. The average Bonchev–Trinajstić information content (AvgIpc) is 2.68. The first-order valence-corrected chi connectivity index (χ1v) is 16.8. The van der Waals surface area contributed by atoms with Gasteiger partial charge in [-0.3, -0.25) is 4.79 Å².